The maximum atomic E-state index is 4.26. The quantitative estimate of drug-likeness (QED) is 0.770. The molecule has 2 aromatic heterocycles. The molecule has 1 aliphatic heterocycles. The van der Waals surface area contributed by atoms with E-state index >= 15 is 0 Å². The number of nitrogens with one attached hydrogen (secondary N) is 1. The summed E-state index contributed by atoms with van der Waals surface area (Å²) >= 11 is 0. The zero-order valence-corrected chi connectivity index (χ0v) is 13.8. The van der Waals surface area contributed by atoms with Gasteiger partial charge in [0.1, 0.15) is 12.2 Å². The lowest BCUT2D eigenvalue weighted by molar-refractivity contribution is 0.354. The van der Waals surface area contributed by atoms with Gasteiger partial charge in [-0.2, -0.15) is 9.78 Å². The molecular weight excluding hydrogens is 304 g/mol. The lowest BCUT2D eigenvalue weighted by Gasteiger charge is -2.23. The lowest BCUT2D eigenvalue weighted by atomic mass is 10.1. The zero-order valence-electron chi connectivity index (χ0n) is 13.8. The van der Waals surface area contributed by atoms with Crippen molar-refractivity contribution in [2.24, 2.45) is 0 Å². The van der Waals surface area contributed by atoms with Crippen LogP contribution in [0.1, 0.15) is 29.2 Å². The van der Waals surface area contributed by atoms with E-state index in [1.165, 1.54) is 0 Å². The summed E-state index contributed by atoms with van der Waals surface area (Å²) in [4.78, 5) is 4.26. The Morgan fingerprint density at radius 2 is 2.08 bits per heavy atom. The van der Waals surface area contributed by atoms with Gasteiger partial charge in [-0.3, -0.25) is 0 Å². The third-order valence-electron chi connectivity index (χ3n) is 4.54. The third-order valence-corrected chi connectivity index (χ3v) is 4.54. The van der Waals surface area contributed by atoms with E-state index in [0.29, 0.717) is 12.6 Å². The van der Waals surface area contributed by atoms with Crippen molar-refractivity contribution in [2.75, 3.05) is 0 Å². The number of hydrogen-bond donors (Lipinski definition) is 1. The SMILES string of the molecule is Cc1cccc(C)c1-n1nnnc1CN[C@@H]1CCc2ncnn2C1. The van der Waals surface area contributed by atoms with Crippen LogP contribution in [-0.2, 0) is 19.5 Å². The van der Waals surface area contributed by atoms with E-state index in [0.717, 1.165) is 47.8 Å². The highest BCUT2D eigenvalue weighted by Gasteiger charge is 2.20. The fraction of sp³-hybridized carbons (Fsp3) is 0.438. The second-order valence-electron chi connectivity index (χ2n) is 6.22. The van der Waals surface area contributed by atoms with Gasteiger partial charge in [0.25, 0.3) is 0 Å². The minimum atomic E-state index is 0.349. The van der Waals surface area contributed by atoms with E-state index in [4.69, 9.17) is 0 Å². The van der Waals surface area contributed by atoms with Crippen LogP contribution in [0.2, 0.25) is 0 Å². The smallest absolute Gasteiger partial charge is 0.170 e. The Morgan fingerprint density at radius 1 is 1.25 bits per heavy atom. The average molecular weight is 324 g/mol. The van der Waals surface area contributed by atoms with E-state index < -0.39 is 0 Å². The second kappa shape index (κ2) is 6.12. The third kappa shape index (κ3) is 2.69. The molecule has 0 bridgehead atoms. The number of nitrogens with zero attached hydrogens (tertiary/aromatic N) is 7. The van der Waals surface area contributed by atoms with Crippen LogP contribution >= 0.6 is 0 Å². The minimum Gasteiger partial charge on any atom is -0.305 e. The van der Waals surface area contributed by atoms with Crippen LogP contribution in [-0.4, -0.2) is 41.0 Å². The Bertz CT molecular complexity index is 829. The second-order valence-corrected chi connectivity index (χ2v) is 6.22. The summed E-state index contributed by atoms with van der Waals surface area (Å²) in [6.07, 6.45) is 3.61. The number of hydrogen-bond acceptors (Lipinski definition) is 6. The van der Waals surface area contributed by atoms with E-state index in [1.807, 2.05) is 15.4 Å². The van der Waals surface area contributed by atoms with Gasteiger partial charge in [0, 0.05) is 12.5 Å². The summed E-state index contributed by atoms with van der Waals surface area (Å²) in [7, 11) is 0. The molecule has 3 aromatic rings. The molecule has 0 saturated heterocycles. The van der Waals surface area contributed by atoms with Crippen molar-refractivity contribution < 1.29 is 0 Å². The Morgan fingerprint density at radius 3 is 2.92 bits per heavy atom. The van der Waals surface area contributed by atoms with Crippen LogP contribution in [0.3, 0.4) is 0 Å². The van der Waals surface area contributed by atoms with Crippen molar-refractivity contribution in [3.05, 3.63) is 47.3 Å². The summed E-state index contributed by atoms with van der Waals surface area (Å²) in [5.41, 5.74) is 3.38. The molecule has 8 heteroatoms. The maximum absolute atomic E-state index is 4.26. The first-order valence-electron chi connectivity index (χ1n) is 8.16. The zero-order chi connectivity index (χ0) is 16.5. The molecule has 24 heavy (non-hydrogen) atoms. The Labute approximate surface area is 139 Å². The van der Waals surface area contributed by atoms with Crippen molar-refractivity contribution in [1.29, 1.82) is 0 Å². The molecule has 4 rings (SSSR count). The van der Waals surface area contributed by atoms with Gasteiger partial charge in [-0.25, -0.2) is 9.67 Å². The van der Waals surface area contributed by atoms with Crippen LogP contribution in [0.4, 0.5) is 0 Å². The fourth-order valence-electron chi connectivity index (χ4n) is 3.27. The minimum absolute atomic E-state index is 0.349. The van der Waals surface area contributed by atoms with Crippen molar-refractivity contribution in [2.45, 2.75) is 45.8 Å². The van der Waals surface area contributed by atoms with E-state index in [9.17, 15) is 0 Å². The largest absolute Gasteiger partial charge is 0.305 e. The Kier molecular flexibility index (Phi) is 3.81. The molecule has 1 aliphatic rings. The highest BCUT2D eigenvalue weighted by atomic mass is 15.5. The molecular formula is C16H20N8. The summed E-state index contributed by atoms with van der Waals surface area (Å²) in [6.45, 7) is 5.61. The van der Waals surface area contributed by atoms with Gasteiger partial charge >= 0.3 is 0 Å². The monoisotopic (exact) mass is 324 g/mol. The number of para-hydroxylation sites is 1. The first-order chi connectivity index (χ1) is 11.7. The number of rotatable bonds is 4. The first-order valence-corrected chi connectivity index (χ1v) is 8.16. The van der Waals surface area contributed by atoms with Gasteiger partial charge in [0.15, 0.2) is 5.82 Å². The molecule has 0 amide bonds. The van der Waals surface area contributed by atoms with Gasteiger partial charge in [-0.1, -0.05) is 18.2 Å². The Balaban J connectivity index is 1.50. The van der Waals surface area contributed by atoms with Crippen molar-refractivity contribution in [1.82, 2.24) is 40.3 Å². The van der Waals surface area contributed by atoms with Crippen LogP contribution in [0, 0.1) is 13.8 Å². The van der Waals surface area contributed by atoms with Gasteiger partial charge < -0.3 is 5.32 Å². The predicted octanol–water partition coefficient (Wildman–Crippen LogP) is 0.975. The maximum Gasteiger partial charge on any atom is 0.170 e. The van der Waals surface area contributed by atoms with E-state index in [1.54, 1.807) is 6.33 Å². The van der Waals surface area contributed by atoms with Gasteiger partial charge in [0.2, 0.25) is 0 Å². The molecule has 0 saturated carbocycles. The highest BCUT2D eigenvalue weighted by Crippen LogP contribution is 2.19. The molecule has 1 aromatic carbocycles. The van der Waals surface area contributed by atoms with Gasteiger partial charge in [-0.15, -0.1) is 5.10 Å². The van der Waals surface area contributed by atoms with Gasteiger partial charge in [0.05, 0.1) is 18.8 Å². The molecule has 0 aliphatic carbocycles. The Hall–Kier alpha value is -2.61. The van der Waals surface area contributed by atoms with Gasteiger partial charge in [-0.05, 0) is 41.8 Å². The molecule has 0 unspecified atom stereocenters. The van der Waals surface area contributed by atoms with Crippen molar-refractivity contribution in [3.8, 4) is 5.69 Å². The molecule has 8 nitrogen and oxygen atoms in total. The summed E-state index contributed by atoms with van der Waals surface area (Å²) in [5.74, 6) is 1.88. The van der Waals surface area contributed by atoms with E-state index in [2.05, 4.69) is 56.9 Å². The summed E-state index contributed by atoms with van der Waals surface area (Å²) in [5, 5.41) is 20.1. The molecule has 3 heterocycles. The number of aromatic nitrogens is 7. The topological polar surface area (TPSA) is 86.3 Å². The fourth-order valence-corrected chi connectivity index (χ4v) is 3.27. The summed E-state index contributed by atoms with van der Waals surface area (Å²) < 4.78 is 3.80. The van der Waals surface area contributed by atoms with Crippen molar-refractivity contribution in [3.63, 3.8) is 0 Å². The molecule has 1 N–H and O–H groups in total. The summed E-state index contributed by atoms with van der Waals surface area (Å²) in [6, 6.07) is 6.56. The number of tetrazole rings is 1. The molecule has 124 valence electrons. The van der Waals surface area contributed by atoms with Crippen molar-refractivity contribution >= 4 is 0 Å². The first kappa shape index (κ1) is 14.9. The van der Waals surface area contributed by atoms with E-state index in [-0.39, 0.29) is 0 Å². The predicted molar refractivity (Wildman–Crippen MR) is 87.6 cm³/mol. The normalized spacial score (nSPS) is 17.0. The standard InChI is InChI=1S/C16H20N8/c1-11-4-3-5-12(2)16(11)24-15(20-21-22-24)8-17-13-6-7-14-18-10-19-23(14)9-13/h3-5,10,13,17H,6-9H2,1-2H3/t13-/m1/s1. The number of aryl methyl sites for hydroxylation is 3. The van der Waals surface area contributed by atoms with Crippen LogP contribution in [0.25, 0.3) is 5.69 Å². The molecule has 1 atom stereocenters. The highest BCUT2D eigenvalue weighted by molar-refractivity contribution is 5.46. The number of benzene rings is 1. The van der Waals surface area contributed by atoms with Crippen LogP contribution in [0.5, 0.6) is 0 Å². The molecule has 0 radical (unpaired) electrons. The average Bonchev–Trinajstić information content (AvgIpc) is 3.21. The number of fused-ring (bicyclic) bond motifs is 1. The lowest BCUT2D eigenvalue weighted by Crippen LogP contribution is -2.38. The van der Waals surface area contributed by atoms with Crippen LogP contribution in [0.15, 0.2) is 24.5 Å². The molecule has 0 fully saturated rings. The molecule has 0 spiro atoms. The van der Waals surface area contributed by atoms with Crippen LogP contribution < -0.4 is 5.32 Å².